The highest BCUT2D eigenvalue weighted by Crippen LogP contribution is 2.06. The first-order valence-corrected chi connectivity index (χ1v) is 5.14. The fourth-order valence-electron chi connectivity index (χ4n) is 1.14. The number of aromatic nitrogens is 1. The highest BCUT2D eigenvalue weighted by atomic mass is 32.1. The Balaban J connectivity index is 2.59. The Bertz CT molecular complexity index is 282. The molecule has 14 heavy (non-hydrogen) atoms. The third-order valence-corrected chi connectivity index (χ3v) is 2.39. The molecule has 0 saturated heterocycles. The Kier molecular flexibility index (Phi) is 4.70. The second-order valence-corrected chi connectivity index (χ2v) is 3.70. The summed E-state index contributed by atoms with van der Waals surface area (Å²) < 4.78 is 1.95. The highest BCUT2D eigenvalue weighted by molar-refractivity contribution is 7.77. The molecule has 0 aliphatic carbocycles. The van der Waals surface area contributed by atoms with Gasteiger partial charge in [-0.05, 0) is 11.6 Å². The average Bonchev–Trinajstić information content (AvgIpc) is 2.21. The Labute approximate surface area is 91.2 Å². The van der Waals surface area contributed by atoms with Crippen molar-refractivity contribution in [3.8, 4) is 0 Å². The predicted octanol–water partition coefficient (Wildman–Crippen LogP) is 2.48. The van der Waals surface area contributed by atoms with Crippen molar-refractivity contribution >= 4 is 12.8 Å². The fourth-order valence-corrected chi connectivity index (χ4v) is 1.30. The largest absolute Gasteiger partial charge is 0.261 e. The third kappa shape index (κ3) is 3.52. The molecule has 0 saturated carbocycles. The first kappa shape index (κ1) is 11.3. The molecule has 0 radical (unpaired) electrons. The number of pyridine rings is 1. The standard InChI is InChI=1S/C11H16N2S/c1-3-5-11-7-6-10(8-12-11)9-13(14)4-2/h3,6-8,14H,1,4-5,9H2,2H3. The first-order valence-electron chi connectivity index (χ1n) is 4.74. The van der Waals surface area contributed by atoms with Gasteiger partial charge in [-0.2, -0.15) is 0 Å². The predicted molar refractivity (Wildman–Crippen MR) is 63.2 cm³/mol. The summed E-state index contributed by atoms with van der Waals surface area (Å²) in [6.45, 7) is 7.52. The number of nitrogens with zero attached hydrogens (tertiary/aromatic N) is 2. The highest BCUT2D eigenvalue weighted by Gasteiger charge is 1.98. The summed E-state index contributed by atoms with van der Waals surface area (Å²) >= 11 is 4.30. The Hall–Kier alpha value is -0.800. The van der Waals surface area contributed by atoms with Gasteiger partial charge in [0.05, 0.1) is 0 Å². The lowest BCUT2D eigenvalue weighted by atomic mass is 10.2. The summed E-state index contributed by atoms with van der Waals surface area (Å²) in [6.07, 6.45) is 4.59. The van der Waals surface area contributed by atoms with Crippen LogP contribution in [0.2, 0.25) is 0 Å². The van der Waals surface area contributed by atoms with Crippen LogP contribution in [0.4, 0.5) is 0 Å². The molecule has 1 aromatic heterocycles. The molecule has 2 nitrogen and oxygen atoms in total. The lowest BCUT2D eigenvalue weighted by Gasteiger charge is -2.11. The van der Waals surface area contributed by atoms with Gasteiger partial charge in [0.1, 0.15) is 0 Å². The lowest BCUT2D eigenvalue weighted by molar-refractivity contribution is 0.498. The van der Waals surface area contributed by atoms with Crippen LogP contribution in [0.3, 0.4) is 0 Å². The molecule has 0 atom stereocenters. The molecule has 1 aromatic rings. The van der Waals surface area contributed by atoms with E-state index in [0.29, 0.717) is 0 Å². The van der Waals surface area contributed by atoms with Crippen LogP contribution in [-0.2, 0) is 13.0 Å². The minimum absolute atomic E-state index is 0.832. The van der Waals surface area contributed by atoms with E-state index < -0.39 is 0 Å². The van der Waals surface area contributed by atoms with Crippen molar-refractivity contribution < 1.29 is 0 Å². The second kappa shape index (κ2) is 5.83. The third-order valence-electron chi connectivity index (χ3n) is 1.97. The molecule has 0 fully saturated rings. The van der Waals surface area contributed by atoms with E-state index in [-0.39, 0.29) is 0 Å². The zero-order chi connectivity index (χ0) is 10.4. The number of thiol groups is 1. The van der Waals surface area contributed by atoms with E-state index in [9.17, 15) is 0 Å². The van der Waals surface area contributed by atoms with E-state index in [1.54, 1.807) is 0 Å². The van der Waals surface area contributed by atoms with Crippen LogP contribution in [0.25, 0.3) is 0 Å². The lowest BCUT2D eigenvalue weighted by Crippen LogP contribution is -2.10. The molecule has 0 bridgehead atoms. The summed E-state index contributed by atoms with van der Waals surface area (Å²) in [4.78, 5) is 4.32. The molecule has 76 valence electrons. The van der Waals surface area contributed by atoms with Gasteiger partial charge in [-0.25, -0.2) is 4.31 Å². The molecule has 3 heteroatoms. The maximum atomic E-state index is 4.32. The summed E-state index contributed by atoms with van der Waals surface area (Å²) in [5, 5.41) is 0. The zero-order valence-corrected chi connectivity index (χ0v) is 9.37. The van der Waals surface area contributed by atoms with Crippen molar-refractivity contribution in [2.45, 2.75) is 19.9 Å². The molecule has 0 aliphatic heterocycles. The Morgan fingerprint density at radius 3 is 2.86 bits per heavy atom. The number of rotatable bonds is 5. The average molecular weight is 208 g/mol. The van der Waals surface area contributed by atoms with E-state index in [2.05, 4.69) is 37.4 Å². The number of hydrogen-bond donors (Lipinski definition) is 1. The molecule has 0 amide bonds. The van der Waals surface area contributed by atoms with Gasteiger partial charge in [-0.15, -0.1) is 6.58 Å². The van der Waals surface area contributed by atoms with E-state index in [0.717, 1.165) is 25.2 Å². The molecule has 1 rings (SSSR count). The van der Waals surface area contributed by atoms with Crippen LogP contribution >= 0.6 is 12.8 Å². The smallest absolute Gasteiger partial charge is 0.0441 e. The van der Waals surface area contributed by atoms with Gasteiger partial charge < -0.3 is 0 Å². The van der Waals surface area contributed by atoms with Gasteiger partial charge in [0, 0.05) is 31.4 Å². The number of hydrogen-bond acceptors (Lipinski definition) is 3. The molecule has 0 unspecified atom stereocenters. The Morgan fingerprint density at radius 2 is 2.36 bits per heavy atom. The minimum atomic E-state index is 0.832. The molecular weight excluding hydrogens is 192 g/mol. The van der Waals surface area contributed by atoms with E-state index >= 15 is 0 Å². The molecule has 0 aliphatic rings. The SMILES string of the molecule is C=CCc1ccc(CN(S)CC)cn1. The summed E-state index contributed by atoms with van der Waals surface area (Å²) in [6, 6.07) is 4.12. The van der Waals surface area contributed by atoms with Gasteiger partial charge in [-0.3, -0.25) is 4.98 Å². The van der Waals surface area contributed by atoms with Crippen LogP contribution in [0.15, 0.2) is 31.0 Å². The van der Waals surface area contributed by atoms with E-state index in [1.165, 1.54) is 5.56 Å². The van der Waals surface area contributed by atoms with Crippen LogP contribution in [0.5, 0.6) is 0 Å². The molecular formula is C11H16N2S. The quantitative estimate of drug-likeness (QED) is 0.591. The van der Waals surface area contributed by atoms with Gasteiger partial charge in [0.15, 0.2) is 0 Å². The van der Waals surface area contributed by atoms with Crippen LogP contribution in [0, 0.1) is 0 Å². The normalized spacial score (nSPS) is 10.5. The fraction of sp³-hybridized carbons (Fsp3) is 0.364. The summed E-state index contributed by atoms with van der Waals surface area (Å²) in [5.74, 6) is 0. The second-order valence-electron chi connectivity index (χ2n) is 3.13. The van der Waals surface area contributed by atoms with Crippen LogP contribution < -0.4 is 0 Å². The van der Waals surface area contributed by atoms with Crippen molar-refractivity contribution in [3.63, 3.8) is 0 Å². The maximum Gasteiger partial charge on any atom is 0.0441 e. The number of allylic oxidation sites excluding steroid dienone is 1. The van der Waals surface area contributed by atoms with Gasteiger partial charge >= 0.3 is 0 Å². The van der Waals surface area contributed by atoms with Crippen molar-refractivity contribution in [2.24, 2.45) is 0 Å². The summed E-state index contributed by atoms with van der Waals surface area (Å²) in [7, 11) is 0. The topological polar surface area (TPSA) is 16.1 Å². The van der Waals surface area contributed by atoms with Crippen LogP contribution in [-0.4, -0.2) is 15.8 Å². The molecule has 0 spiro atoms. The molecule has 0 aromatic carbocycles. The van der Waals surface area contributed by atoms with E-state index in [1.807, 2.05) is 22.6 Å². The minimum Gasteiger partial charge on any atom is -0.261 e. The van der Waals surface area contributed by atoms with E-state index in [4.69, 9.17) is 0 Å². The monoisotopic (exact) mass is 208 g/mol. The van der Waals surface area contributed by atoms with Gasteiger partial charge in [-0.1, -0.05) is 31.9 Å². The molecule has 1 heterocycles. The van der Waals surface area contributed by atoms with Crippen molar-refractivity contribution in [1.29, 1.82) is 0 Å². The maximum absolute atomic E-state index is 4.32. The van der Waals surface area contributed by atoms with Crippen molar-refractivity contribution in [1.82, 2.24) is 9.29 Å². The molecule has 0 N–H and O–H groups in total. The van der Waals surface area contributed by atoms with Gasteiger partial charge in [0.25, 0.3) is 0 Å². The Morgan fingerprint density at radius 1 is 1.57 bits per heavy atom. The van der Waals surface area contributed by atoms with Crippen LogP contribution in [0.1, 0.15) is 18.2 Å². The van der Waals surface area contributed by atoms with Gasteiger partial charge in [0.2, 0.25) is 0 Å². The summed E-state index contributed by atoms with van der Waals surface area (Å²) in [5.41, 5.74) is 2.25. The van der Waals surface area contributed by atoms with Crippen molar-refractivity contribution in [2.75, 3.05) is 6.54 Å². The van der Waals surface area contributed by atoms with Crippen molar-refractivity contribution in [3.05, 3.63) is 42.2 Å². The first-order chi connectivity index (χ1) is 6.76. The zero-order valence-electron chi connectivity index (χ0n) is 8.48.